The summed E-state index contributed by atoms with van der Waals surface area (Å²) < 4.78 is 5.44. The normalized spacial score (nSPS) is 15.2. The maximum Gasteiger partial charge on any atom is 0.314 e. The second-order valence-electron chi connectivity index (χ2n) is 5.09. The third-order valence-corrected chi connectivity index (χ3v) is 3.52. The predicted molar refractivity (Wildman–Crippen MR) is 81.3 cm³/mol. The molecule has 21 heavy (non-hydrogen) atoms. The highest BCUT2D eigenvalue weighted by Crippen LogP contribution is 2.23. The number of para-hydroxylation sites is 2. The van der Waals surface area contributed by atoms with E-state index >= 15 is 0 Å². The minimum Gasteiger partial charge on any atom is -0.492 e. The van der Waals surface area contributed by atoms with E-state index in [0.717, 1.165) is 25.7 Å². The van der Waals surface area contributed by atoms with Crippen LogP contribution in [0.3, 0.4) is 0 Å². The Labute approximate surface area is 125 Å². The zero-order valence-electron chi connectivity index (χ0n) is 12.4. The SMILES string of the molecule is CCOc1ccccc1NC(=O)C(=O)N1CCCCCC1. The Balaban J connectivity index is 2.01. The number of nitrogens with one attached hydrogen (secondary N) is 1. The van der Waals surface area contributed by atoms with Crippen molar-refractivity contribution >= 4 is 17.5 Å². The number of ether oxygens (including phenoxy) is 1. The highest BCUT2D eigenvalue weighted by molar-refractivity contribution is 6.39. The lowest BCUT2D eigenvalue weighted by atomic mass is 10.2. The van der Waals surface area contributed by atoms with E-state index in [-0.39, 0.29) is 0 Å². The van der Waals surface area contributed by atoms with Crippen molar-refractivity contribution in [2.45, 2.75) is 32.6 Å². The maximum absolute atomic E-state index is 12.2. The zero-order chi connectivity index (χ0) is 15.1. The lowest BCUT2D eigenvalue weighted by molar-refractivity contribution is -0.143. The minimum absolute atomic E-state index is 0.455. The molecule has 0 saturated carbocycles. The molecule has 1 aromatic rings. The van der Waals surface area contributed by atoms with Crippen LogP contribution in [0.2, 0.25) is 0 Å². The molecule has 0 bridgehead atoms. The van der Waals surface area contributed by atoms with Crippen LogP contribution >= 0.6 is 0 Å². The van der Waals surface area contributed by atoms with Crippen LogP contribution in [0.4, 0.5) is 5.69 Å². The molecule has 1 fully saturated rings. The first-order chi connectivity index (χ1) is 10.2. The average Bonchev–Trinajstić information content (AvgIpc) is 2.78. The Morgan fingerprint density at radius 1 is 1.14 bits per heavy atom. The second kappa shape index (κ2) is 7.67. The molecule has 2 rings (SSSR count). The van der Waals surface area contributed by atoms with Crippen LogP contribution in [0, 0.1) is 0 Å². The highest BCUT2D eigenvalue weighted by Gasteiger charge is 2.23. The van der Waals surface area contributed by atoms with Gasteiger partial charge in [-0.2, -0.15) is 0 Å². The monoisotopic (exact) mass is 290 g/mol. The Bertz CT molecular complexity index is 494. The third kappa shape index (κ3) is 4.21. The average molecular weight is 290 g/mol. The van der Waals surface area contributed by atoms with Crippen molar-refractivity contribution in [2.24, 2.45) is 0 Å². The zero-order valence-corrected chi connectivity index (χ0v) is 12.4. The maximum atomic E-state index is 12.2. The molecule has 1 aliphatic heterocycles. The van der Waals surface area contributed by atoms with Crippen LogP contribution in [-0.4, -0.2) is 36.4 Å². The van der Waals surface area contributed by atoms with Gasteiger partial charge in [-0.3, -0.25) is 9.59 Å². The fourth-order valence-electron chi connectivity index (χ4n) is 2.44. The fraction of sp³-hybridized carbons (Fsp3) is 0.500. The number of rotatable bonds is 3. The highest BCUT2D eigenvalue weighted by atomic mass is 16.5. The van der Waals surface area contributed by atoms with Crippen molar-refractivity contribution in [2.75, 3.05) is 25.0 Å². The van der Waals surface area contributed by atoms with E-state index in [9.17, 15) is 9.59 Å². The van der Waals surface area contributed by atoms with Gasteiger partial charge in [0, 0.05) is 13.1 Å². The van der Waals surface area contributed by atoms with E-state index in [0.29, 0.717) is 31.1 Å². The summed E-state index contributed by atoms with van der Waals surface area (Å²) in [6, 6.07) is 7.14. The van der Waals surface area contributed by atoms with Crippen LogP contribution in [0.5, 0.6) is 5.75 Å². The standard InChI is InChI=1S/C16H22N2O3/c1-2-21-14-10-6-5-9-13(14)17-15(19)16(20)18-11-7-3-4-8-12-18/h5-6,9-10H,2-4,7-8,11-12H2,1H3,(H,17,19). The fourth-order valence-corrected chi connectivity index (χ4v) is 2.44. The van der Waals surface area contributed by atoms with Gasteiger partial charge in [-0.15, -0.1) is 0 Å². The molecule has 2 amide bonds. The van der Waals surface area contributed by atoms with Gasteiger partial charge in [0.2, 0.25) is 0 Å². The molecule has 0 aliphatic carbocycles. The largest absolute Gasteiger partial charge is 0.492 e. The van der Waals surface area contributed by atoms with Gasteiger partial charge in [0.15, 0.2) is 0 Å². The number of anilines is 1. The van der Waals surface area contributed by atoms with Crippen molar-refractivity contribution in [1.82, 2.24) is 4.90 Å². The van der Waals surface area contributed by atoms with E-state index in [1.54, 1.807) is 23.1 Å². The van der Waals surface area contributed by atoms with Crippen molar-refractivity contribution in [3.63, 3.8) is 0 Å². The van der Waals surface area contributed by atoms with Gasteiger partial charge in [0.25, 0.3) is 0 Å². The minimum atomic E-state index is -0.593. The summed E-state index contributed by atoms with van der Waals surface area (Å²) >= 11 is 0. The number of likely N-dealkylation sites (tertiary alicyclic amines) is 1. The number of hydrogen-bond donors (Lipinski definition) is 1. The number of carbonyl (C=O) groups is 2. The summed E-state index contributed by atoms with van der Waals surface area (Å²) in [7, 11) is 0. The quantitative estimate of drug-likeness (QED) is 0.870. The summed E-state index contributed by atoms with van der Waals surface area (Å²) in [6.07, 6.45) is 4.18. The molecule has 0 spiro atoms. The van der Waals surface area contributed by atoms with Crippen LogP contribution in [0.25, 0.3) is 0 Å². The lowest BCUT2D eigenvalue weighted by Gasteiger charge is -2.20. The van der Waals surface area contributed by atoms with Gasteiger partial charge in [-0.05, 0) is 31.9 Å². The van der Waals surface area contributed by atoms with Gasteiger partial charge < -0.3 is 15.0 Å². The molecular weight excluding hydrogens is 268 g/mol. The third-order valence-electron chi connectivity index (χ3n) is 3.52. The molecule has 1 aliphatic rings. The van der Waals surface area contributed by atoms with Gasteiger partial charge in [-0.25, -0.2) is 0 Å². The van der Waals surface area contributed by atoms with Crippen molar-refractivity contribution < 1.29 is 14.3 Å². The molecule has 5 nitrogen and oxygen atoms in total. The molecule has 0 radical (unpaired) electrons. The summed E-state index contributed by atoms with van der Waals surface area (Å²) in [5.41, 5.74) is 0.535. The first kappa shape index (κ1) is 15.4. The van der Waals surface area contributed by atoms with Gasteiger partial charge in [0.05, 0.1) is 12.3 Å². The molecule has 0 aromatic heterocycles. The summed E-state index contributed by atoms with van der Waals surface area (Å²) in [4.78, 5) is 26.0. The Morgan fingerprint density at radius 3 is 2.48 bits per heavy atom. The van der Waals surface area contributed by atoms with Crippen molar-refractivity contribution in [3.8, 4) is 5.75 Å². The summed E-state index contributed by atoms with van der Waals surface area (Å²) in [5.74, 6) is -0.468. The second-order valence-corrected chi connectivity index (χ2v) is 5.09. The number of benzene rings is 1. The number of carbonyl (C=O) groups excluding carboxylic acids is 2. The smallest absolute Gasteiger partial charge is 0.314 e. The number of hydrogen-bond acceptors (Lipinski definition) is 3. The lowest BCUT2D eigenvalue weighted by Crippen LogP contribution is -2.40. The summed E-state index contributed by atoms with van der Waals surface area (Å²) in [6.45, 7) is 3.71. The Hall–Kier alpha value is -2.04. The van der Waals surface area contributed by atoms with E-state index in [4.69, 9.17) is 4.74 Å². The topological polar surface area (TPSA) is 58.6 Å². The van der Waals surface area contributed by atoms with Crippen LogP contribution in [-0.2, 0) is 9.59 Å². The number of nitrogens with zero attached hydrogens (tertiary/aromatic N) is 1. The molecule has 0 unspecified atom stereocenters. The molecule has 5 heteroatoms. The van der Waals surface area contributed by atoms with Gasteiger partial charge in [-0.1, -0.05) is 25.0 Å². The molecule has 1 heterocycles. The molecule has 1 aromatic carbocycles. The van der Waals surface area contributed by atoms with Crippen LogP contribution in [0.15, 0.2) is 24.3 Å². The molecule has 1 N–H and O–H groups in total. The molecule has 1 saturated heterocycles. The number of amides is 2. The first-order valence-electron chi connectivity index (χ1n) is 7.54. The van der Waals surface area contributed by atoms with E-state index in [2.05, 4.69) is 5.32 Å². The van der Waals surface area contributed by atoms with Crippen molar-refractivity contribution in [3.05, 3.63) is 24.3 Å². The molecule has 0 atom stereocenters. The molecule has 114 valence electrons. The molecular formula is C16H22N2O3. The van der Waals surface area contributed by atoms with Gasteiger partial charge >= 0.3 is 11.8 Å². The van der Waals surface area contributed by atoms with E-state index < -0.39 is 11.8 Å². The van der Waals surface area contributed by atoms with E-state index in [1.165, 1.54) is 0 Å². The van der Waals surface area contributed by atoms with Crippen molar-refractivity contribution in [1.29, 1.82) is 0 Å². The first-order valence-corrected chi connectivity index (χ1v) is 7.54. The Morgan fingerprint density at radius 2 is 1.81 bits per heavy atom. The summed E-state index contributed by atoms with van der Waals surface area (Å²) in [5, 5.41) is 2.66. The van der Waals surface area contributed by atoms with Crippen LogP contribution in [0.1, 0.15) is 32.6 Å². The Kier molecular flexibility index (Phi) is 5.60. The predicted octanol–water partition coefficient (Wildman–Crippen LogP) is 2.43. The van der Waals surface area contributed by atoms with Crippen LogP contribution < -0.4 is 10.1 Å². The van der Waals surface area contributed by atoms with Gasteiger partial charge in [0.1, 0.15) is 5.75 Å². The van der Waals surface area contributed by atoms with E-state index in [1.807, 2.05) is 13.0 Å².